The van der Waals surface area contributed by atoms with Gasteiger partial charge in [-0.2, -0.15) is 0 Å². The lowest BCUT2D eigenvalue weighted by Gasteiger charge is -2.32. The van der Waals surface area contributed by atoms with Crippen molar-refractivity contribution in [3.8, 4) is 0 Å². The van der Waals surface area contributed by atoms with Gasteiger partial charge in [-0.05, 0) is 46.0 Å². The Hall–Kier alpha value is -2.48. The Morgan fingerprint density at radius 2 is 1.96 bits per heavy atom. The van der Waals surface area contributed by atoms with E-state index in [1.54, 1.807) is 38.1 Å². The summed E-state index contributed by atoms with van der Waals surface area (Å²) in [5.74, 6) is -0.525. The van der Waals surface area contributed by atoms with Crippen molar-refractivity contribution < 1.29 is 19.2 Å². The summed E-state index contributed by atoms with van der Waals surface area (Å²) in [7, 11) is 3.54. The molecule has 26 heavy (non-hydrogen) atoms. The molecule has 1 fully saturated rings. The molecule has 1 aromatic carbocycles. The minimum Gasteiger partial charge on any atom is -0.466 e. The Bertz CT molecular complexity index is 681. The van der Waals surface area contributed by atoms with Crippen molar-refractivity contribution >= 4 is 23.1 Å². The largest absolute Gasteiger partial charge is 0.466 e. The van der Waals surface area contributed by atoms with Crippen molar-refractivity contribution in [1.82, 2.24) is 4.90 Å². The molecular formula is C18H25N3O5. The van der Waals surface area contributed by atoms with Crippen LogP contribution < -0.4 is 4.90 Å². The summed E-state index contributed by atoms with van der Waals surface area (Å²) in [6.45, 7) is 3.40. The van der Waals surface area contributed by atoms with Gasteiger partial charge in [-0.3, -0.25) is 19.7 Å². The number of ketones is 1. The van der Waals surface area contributed by atoms with E-state index in [9.17, 15) is 19.7 Å². The van der Waals surface area contributed by atoms with E-state index in [1.807, 2.05) is 4.90 Å². The average molecular weight is 363 g/mol. The van der Waals surface area contributed by atoms with Crippen LogP contribution in [-0.4, -0.2) is 61.9 Å². The molecule has 0 spiro atoms. The molecule has 1 aliphatic heterocycles. The second-order valence-electron chi connectivity index (χ2n) is 6.63. The first kappa shape index (κ1) is 19.8. The number of anilines is 1. The summed E-state index contributed by atoms with van der Waals surface area (Å²) in [6.07, 6.45) is 1.19. The molecule has 0 saturated carbocycles. The molecule has 8 heteroatoms. The quantitative estimate of drug-likeness (QED) is 0.317. The zero-order valence-electron chi connectivity index (χ0n) is 15.4. The molecule has 0 radical (unpaired) electrons. The van der Waals surface area contributed by atoms with E-state index in [0.717, 1.165) is 0 Å². The SMILES string of the molecule is CCOC(=O)C1CCN(c2ccc(C(=O)CN(C)C)cc2[N+](=O)[O-])CC1. The highest BCUT2D eigenvalue weighted by Crippen LogP contribution is 2.32. The smallest absolute Gasteiger partial charge is 0.309 e. The van der Waals surface area contributed by atoms with E-state index >= 15 is 0 Å². The van der Waals surface area contributed by atoms with Crippen LogP contribution in [0, 0.1) is 16.0 Å². The van der Waals surface area contributed by atoms with Gasteiger partial charge in [0.2, 0.25) is 0 Å². The molecule has 0 unspecified atom stereocenters. The summed E-state index contributed by atoms with van der Waals surface area (Å²) in [4.78, 5) is 38.7. The molecule has 1 aromatic rings. The molecule has 0 N–H and O–H groups in total. The molecular weight excluding hydrogens is 338 g/mol. The molecule has 1 aliphatic rings. The number of hydrogen-bond acceptors (Lipinski definition) is 7. The molecule has 0 aromatic heterocycles. The number of nitrogens with zero attached hydrogens (tertiary/aromatic N) is 3. The number of rotatable bonds is 7. The lowest BCUT2D eigenvalue weighted by Crippen LogP contribution is -2.37. The standard InChI is InChI=1S/C18H25N3O5/c1-4-26-18(23)13-7-9-20(10-8-13)15-6-5-14(11-16(15)21(24)25)17(22)12-19(2)3/h5-6,11,13H,4,7-10,12H2,1-3H3. The van der Waals surface area contributed by atoms with Gasteiger partial charge in [0.05, 0.1) is 24.0 Å². The van der Waals surface area contributed by atoms with Crippen molar-refractivity contribution in [1.29, 1.82) is 0 Å². The zero-order chi connectivity index (χ0) is 19.3. The van der Waals surface area contributed by atoms with Crippen molar-refractivity contribution in [2.75, 3.05) is 45.2 Å². The maximum Gasteiger partial charge on any atom is 0.309 e. The van der Waals surface area contributed by atoms with Crippen molar-refractivity contribution in [3.63, 3.8) is 0 Å². The van der Waals surface area contributed by atoms with Crippen LogP contribution in [0.4, 0.5) is 11.4 Å². The van der Waals surface area contributed by atoms with Gasteiger partial charge in [-0.1, -0.05) is 0 Å². The van der Waals surface area contributed by atoms with Gasteiger partial charge in [0.25, 0.3) is 5.69 Å². The Balaban J connectivity index is 2.16. The van der Waals surface area contributed by atoms with Gasteiger partial charge in [-0.15, -0.1) is 0 Å². The molecule has 8 nitrogen and oxygen atoms in total. The molecule has 0 amide bonds. The van der Waals surface area contributed by atoms with Crippen LogP contribution in [0.5, 0.6) is 0 Å². The number of benzene rings is 1. The van der Waals surface area contributed by atoms with Crippen LogP contribution in [0.25, 0.3) is 0 Å². The zero-order valence-corrected chi connectivity index (χ0v) is 15.4. The van der Waals surface area contributed by atoms with Crippen LogP contribution in [0.2, 0.25) is 0 Å². The lowest BCUT2D eigenvalue weighted by molar-refractivity contribution is -0.384. The number of nitro groups is 1. The van der Waals surface area contributed by atoms with Crippen LogP contribution in [0.15, 0.2) is 18.2 Å². The first-order valence-corrected chi connectivity index (χ1v) is 8.71. The van der Waals surface area contributed by atoms with E-state index in [1.165, 1.54) is 6.07 Å². The third-order valence-corrected chi connectivity index (χ3v) is 4.41. The highest BCUT2D eigenvalue weighted by molar-refractivity contribution is 5.98. The highest BCUT2D eigenvalue weighted by atomic mass is 16.6. The van der Waals surface area contributed by atoms with Gasteiger partial charge >= 0.3 is 5.97 Å². The summed E-state index contributed by atoms with van der Waals surface area (Å²) in [5.41, 5.74) is 0.735. The Kier molecular flexibility index (Phi) is 6.68. The van der Waals surface area contributed by atoms with Gasteiger partial charge in [0.1, 0.15) is 5.69 Å². The Morgan fingerprint density at radius 1 is 1.31 bits per heavy atom. The van der Waals surface area contributed by atoms with Gasteiger partial charge in [-0.25, -0.2) is 0 Å². The molecule has 1 saturated heterocycles. The molecule has 0 atom stereocenters. The average Bonchev–Trinajstić information content (AvgIpc) is 2.61. The summed E-state index contributed by atoms with van der Waals surface area (Å²) in [5, 5.41) is 11.5. The fourth-order valence-corrected chi connectivity index (χ4v) is 3.11. The maximum atomic E-state index is 12.2. The summed E-state index contributed by atoms with van der Waals surface area (Å²) < 4.78 is 5.05. The fraction of sp³-hybridized carbons (Fsp3) is 0.556. The van der Waals surface area contributed by atoms with E-state index in [0.29, 0.717) is 43.8 Å². The molecule has 2 rings (SSSR count). The monoisotopic (exact) mass is 363 g/mol. The number of Topliss-reactive ketones (excluding diaryl/α,β-unsaturated/α-hetero) is 1. The Morgan fingerprint density at radius 3 is 2.50 bits per heavy atom. The Labute approximate surface area is 152 Å². The third-order valence-electron chi connectivity index (χ3n) is 4.41. The van der Waals surface area contributed by atoms with E-state index in [-0.39, 0.29) is 29.9 Å². The maximum absolute atomic E-state index is 12.2. The van der Waals surface area contributed by atoms with E-state index in [4.69, 9.17) is 4.74 Å². The predicted octanol–water partition coefficient (Wildman–Crippen LogP) is 2.12. The van der Waals surface area contributed by atoms with E-state index in [2.05, 4.69) is 0 Å². The van der Waals surface area contributed by atoms with Gasteiger partial charge in [0, 0.05) is 24.7 Å². The van der Waals surface area contributed by atoms with Crippen LogP contribution in [0.3, 0.4) is 0 Å². The normalized spacial score (nSPS) is 15.2. The summed E-state index contributed by atoms with van der Waals surface area (Å²) in [6, 6.07) is 4.61. The fourth-order valence-electron chi connectivity index (χ4n) is 3.11. The van der Waals surface area contributed by atoms with Crippen molar-refractivity contribution in [2.45, 2.75) is 19.8 Å². The number of ether oxygens (including phenoxy) is 1. The second kappa shape index (κ2) is 8.75. The number of piperidine rings is 1. The number of likely N-dealkylation sites (N-methyl/N-ethyl adjacent to an activating group) is 1. The number of esters is 1. The molecule has 142 valence electrons. The predicted molar refractivity (Wildman–Crippen MR) is 97.6 cm³/mol. The van der Waals surface area contributed by atoms with Crippen molar-refractivity contribution in [2.24, 2.45) is 5.92 Å². The third kappa shape index (κ3) is 4.78. The first-order valence-electron chi connectivity index (χ1n) is 8.71. The minimum absolute atomic E-state index is 0.0795. The van der Waals surface area contributed by atoms with Gasteiger partial charge in [0.15, 0.2) is 5.78 Å². The lowest BCUT2D eigenvalue weighted by atomic mass is 9.96. The van der Waals surface area contributed by atoms with Crippen LogP contribution in [0.1, 0.15) is 30.1 Å². The van der Waals surface area contributed by atoms with Gasteiger partial charge < -0.3 is 14.5 Å². The second-order valence-corrected chi connectivity index (χ2v) is 6.63. The van der Waals surface area contributed by atoms with E-state index < -0.39 is 4.92 Å². The number of carbonyl (C=O) groups excluding carboxylic acids is 2. The molecule has 0 aliphatic carbocycles. The van der Waals surface area contributed by atoms with Crippen molar-refractivity contribution in [3.05, 3.63) is 33.9 Å². The minimum atomic E-state index is -0.459. The first-order chi connectivity index (χ1) is 12.3. The van der Waals surface area contributed by atoms with Crippen LogP contribution in [-0.2, 0) is 9.53 Å². The summed E-state index contributed by atoms with van der Waals surface area (Å²) >= 11 is 0. The number of hydrogen-bond donors (Lipinski definition) is 0. The number of nitro benzene ring substituents is 1. The molecule has 1 heterocycles. The molecule has 0 bridgehead atoms. The highest BCUT2D eigenvalue weighted by Gasteiger charge is 2.29. The van der Waals surface area contributed by atoms with Crippen LogP contribution >= 0.6 is 0 Å². The number of carbonyl (C=O) groups is 2. The topological polar surface area (TPSA) is 93.0 Å².